The minimum absolute atomic E-state index is 0.140. The molecule has 7 nitrogen and oxygen atoms in total. The molecule has 2 N–H and O–H groups in total. The predicted molar refractivity (Wildman–Crippen MR) is 103 cm³/mol. The second-order valence-electron chi connectivity index (χ2n) is 5.19. The van der Waals surface area contributed by atoms with Gasteiger partial charge in [0.15, 0.2) is 0 Å². The fourth-order valence-corrected chi connectivity index (χ4v) is 3.21. The highest BCUT2D eigenvalue weighted by atomic mass is 32.2. The van der Waals surface area contributed by atoms with Crippen molar-refractivity contribution in [3.8, 4) is 0 Å². The van der Waals surface area contributed by atoms with Crippen LogP contribution in [-0.4, -0.2) is 32.6 Å². The zero-order chi connectivity index (χ0) is 18.2. The van der Waals surface area contributed by atoms with Crippen molar-refractivity contribution < 1.29 is 9.53 Å². The van der Waals surface area contributed by atoms with Crippen molar-refractivity contribution in [2.75, 3.05) is 11.2 Å². The van der Waals surface area contributed by atoms with E-state index in [1.807, 2.05) is 54.8 Å². The van der Waals surface area contributed by atoms with Crippen LogP contribution in [0, 0.1) is 0 Å². The molecular formula is C17H17N5O2S2. The summed E-state index contributed by atoms with van der Waals surface area (Å²) in [4.78, 5) is 17.1. The molecule has 9 heteroatoms. The molecule has 3 rings (SSSR count). The number of nitrogens with one attached hydrogen (secondary N) is 2. The molecule has 2 aromatic heterocycles. The van der Waals surface area contributed by atoms with Gasteiger partial charge in [-0.05, 0) is 23.9 Å². The van der Waals surface area contributed by atoms with E-state index in [0.29, 0.717) is 11.1 Å². The van der Waals surface area contributed by atoms with E-state index >= 15 is 0 Å². The number of anilines is 1. The van der Waals surface area contributed by atoms with Gasteiger partial charge in [-0.2, -0.15) is 10.1 Å². The van der Waals surface area contributed by atoms with E-state index in [-0.39, 0.29) is 18.3 Å². The summed E-state index contributed by atoms with van der Waals surface area (Å²) in [5.41, 5.74) is 4.63. The molecule has 0 atom stereocenters. The Morgan fingerprint density at radius 1 is 1.31 bits per heavy atom. The van der Waals surface area contributed by atoms with Crippen molar-refractivity contribution in [1.29, 1.82) is 0 Å². The van der Waals surface area contributed by atoms with Gasteiger partial charge in [0.2, 0.25) is 11.1 Å². The highest BCUT2D eigenvalue weighted by molar-refractivity contribution is 7.99. The predicted octanol–water partition coefficient (Wildman–Crippen LogP) is 3.54. The Bertz CT molecular complexity index is 862. The summed E-state index contributed by atoms with van der Waals surface area (Å²) in [7, 11) is 0. The van der Waals surface area contributed by atoms with Crippen LogP contribution in [0.3, 0.4) is 0 Å². The lowest BCUT2D eigenvalue weighted by Crippen LogP contribution is -2.07. The second-order valence-corrected chi connectivity index (χ2v) is 7.08. The first-order chi connectivity index (χ1) is 12.7. The van der Waals surface area contributed by atoms with Crippen molar-refractivity contribution in [2.45, 2.75) is 18.7 Å². The van der Waals surface area contributed by atoms with Gasteiger partial charge in [-0.25, -0.2) is 10.5 Å². The van der Waals surface area contributed by atoms with E-state index in [2.05, 4.69) is 25.7 Å². The highest BCUT2D eigenvalue weighted by Gasteiger charge is 2.09. The Kier molecular flexibility index (Phi) is 6.39. The molecule has 0 bridgehead atoms. The standard InChI is InChI=1S/C17H17N5O2S2/c1-12(14-8-5-9-25-14)19-20-16-18-17(22-21-16)26-11-15(23)24-10-13-6-3-2-4-7-13/h2-9H,10-11H2,1H3,(H2,18,20,21,22)/b19-12-. The molecule has 0 radical (unpaired) electrons. The van der Waals surface area contributed by atoms with Crippen LogP contribution < -0.4 is 5.43 Å². The maximum atomic E-state index is 11.8. The summed E-state index contributed by atoms with van der Waals surface area (Å²) >= 11 is 2.82. The van der Waals surface area contributed by atoms with E-state index in [1.165, 1.54) is 11.8 Å². The summed E-state index contributed by atoms with van der Waals surface area (Å²) in [5, 5.41) is 13.5. The lowest BCUT2D eigenvalue weighted by molar-refractivity contribution is -0.141. The van der Waals surface area contributed by atoms with Gasteiger partial charge >= 0.3 is 5.97 Å². The van der Waals surface area contributed by atoms with E-state index in [0.717, 1.165) is 16.2 Å². The van der Waals surface area contributed by atoms with Gasteiger partial charge in [0.1, 0.15) is 6.61 Å². The van der Waals surface area contributed by atoms with E-state index in [9.17, 15) is 4.79 Å². The molecule has 0 unspecified atom stereocenters. The zero-order valence-electron chi connectivity index (χ0n) is 14.0. The summed E-state index contributed by atoms with van der Waals surface area (Å²) < 4.78 is 5.22. The molecule has 0 saturated carbocycles. The Labute approximate surface area is 158 Å². The van der Waals surface area contributed by atoms with E-state index in [1.54, 1.807) is 11.3 Å². The van der Waals surface area contributed by atoms with Crippen LogP contribution in [0.25, 0.3) is 0 Å². The van der Waals surface area contributed by atoms with Gasteiger partial charge < -0.3 is 4.74 Å². The smallest absolute Gasteiger partial charge is 0.316 e. The Morgan fingerprint density at radius 2 is 2.15 bits per heavy atom. The molecular weight excluding hydrogens is 370 g/mol. The number of rotatable bonds is 8. The van der Waals surface area contributed by atoms with Crippen molar-refractivity contribution >= 4 is 40.7 Å². The topological polar surface area (TPSA) is 92.3 Å². The van der Waals surface area contributed by atoms with Crippen molar-refractivity contribution in [3.63, 3.8) is 0 Å². The maximum absolute atomic E-state index is 11.8. The quantitative estimate of drug-likeness (QED) is 0.266. The molecule has 0 spiro atoms. The van der Waals surface area contributed by atoms with Crippen LogP contribution in [0.15, 0.2) is 58.1 Å². The molecule has 0 aliphatic heterocycles. The van der Waals surface area contributed by atoms with Crippen LogP contribution in [0.4, 0.5) is 5.95 Å². The Balaban J connectivity index is 1.43. The summed E-state index contributed by atoms with van der Waals surface area (Å²) in [6, 6.07) is 13.5. The second kappa shape index (κ2) is 9.16. The Hall–Kier alpha value is -2.65. The summed E-state index contributed by atoms with van der Waals surface area (Å²) in [6.07, 6.45) is 0. The first-order valence-corrected chi connectivity index (χ1v) is 9.66. The molecule has 2 heterocycles. The van der Waals surface area contributed by atoms with Crippen LogP contribution in [0.2, 0.25) is 0 Å². The van der Waals surface area contributed by atoms with E-state index in [4.69, 9.17) is 4.74 Å². The number of carbonyl (C=O) groups is 1. The van der Waals surface area contributed by atoms with Gasteiger partial charge in [-0.3, -0.25) is 4.79 Å². The average molecular weight is 387 g/mol. The molecule has 0 saturated heterocycles. The maximum Gasteiger partial charge on any atom is 0.316 e. The number of H-pyrrole nitrogens is 1. The van der Waals surface area contributed by atoms with Crippen molar-refractivity contribution in [2.24, 2.45) is 5.10 Å². The number of nitrogens with zero attached hydrogens (tertiary/aromatic N) is 3. The first kappa shape index (κ1) is 18.2. The molecule has 0 fully saturated rings. The first-order valence-electron chi connectivity index (χ1n) is 7.79. The number of hydrogen-bond donors (Lipinski definition) is 2. The lowest BCUT2D eigenvalue weighted by Gasteiger charge is -2.03. The van der Waals surface area contributed by atoms with Gasteiger partial charge in [-0.15, -0.1) is 16.4 Å². The van der Waals surface area contributed by atoms with Gasteiger partial charge in [-0.1, -0.05) is 48.2 Å². The number of thiophene rings is 1. The SMILES string of the molecule is C/C(=N/Nc1nc(SCC(=O)OCc2ccccc2)n[nH]1)c1cccs1. The molecule has 0 aliphatic carbocycles. The fourth-order valence-electron chi connectivity index (χ4n) is 1.94. The fraction of sp³-hybridized carbons (Fsp3) is 0.176. The van der Waals surface area contributed by atoms with E-state index < -0.39 is 0 Å². The molecule has 1 aromatic carbocycles. The van der Waals surface area contributed by atoms with Gasteiger partial charge in [0, 0.05) is 4.88 Å². The van der Waals surface area contributed by atoms with Gasteiger partial charge in [0.05, 0.1) is 11.5 Å². The molecule has 26 heavy (non-hydrogen) atoms. The Morgan fingerprint density at radius 3 is 2.92 bits per heavy atom. The number of aromatic amines is 1. The normalized spacial score (nSPS) is 11.3. The molecule has 3 aromatic rings. The van der Waals surface area contributed by atoms with Crippen LogP contribution in [-0.2, 0) is 16.1 Å². The summed E-state index contributed by atoms with van der Waals surface area (Å²) in [6.45, 7) is 2.17. The van der Waals surface area contributed by atoms with Crippen molar-refractivity contribution in [1.82, 2.24) is 15.2 Å². The molecule has 0 aliphatic rings. The molecule has 0 amide bonds. The number of carbonyl (C=O) groups excluding carboxylic acids is 1. The number of benzene rings is 1. The van der Waals surface area contributed by atoms with Crippen molar-refractivity contribution in [3.05, 3.63) is 58.3 Å². The molecule has 134 valence electrons. The number of thioether (sulfide) groups is 1. The highest BCUT2D eigenvalue weighted by Crippen LogP contribution is 2.15. The third-order valence-corrected chi connectivity index (χ3v) is 5.03. The number of aromatic nitrogens is 3. The monoisotopic (exact) mass is 387 g/mol. The van der Waals surface area contributed by atoms with Gasteiger partial charge in [0.25, 0.3) is 0 Å². The number of hydrazone groups is 1. The largest absolute Gasteiger partial charge is 0.460 e. The number of ether oxygens (including phenoxy) is 1. The third kappa shape index (κ3) is 5.43. The minimum atomic E-state index is -0.315. The van der Waals surface area contributed by atoms with Crippen LogP contribution in [0.1, 0.15) is 17.4 Å². The summed E-state index contributed by atoms with van der Waals surface area (Å²) in [5.74, 6) is 0.243. The minimum Gasteiger partial charge on any atom is -0.460 e. The van der Waals surface area contributed by atoms with Crippen LogP contribution >= 0.6 is 23.1 Å². The average Bonchev–Trinajstić information content (AvgIpc) is 3.35. The van der Waals surface area contributed by atoms with Crippen LogP contribution in [0.5, 0.6) is 0 Å². The number of hydrogen-bond acceptors (Lipinski definition) is 8. The lowest BCUT2D eigenvalue weighted by atomic mass is 10.2. The number of esters is 1. The zero-order valence-corrected chi connectivity index (χ0v) is 15.6. The third-order valence-electron chi connectivity index (χ3n) is 3.23.